The van der Waals surface area contributed by atoms with E-state index >= 15 is 0 Å². The molecule has 2 heterocycles. The molecule has 6 nitrogen and oxygen atoms in total. The first-order valence-electron chi connectivity index (χ1n) is 4.08. The topological polar surface area (TPSA) is 97.9 Å². The van der Waals surface area contributed by atoms with Crippen molar-refractivity contribution in [2.45, 2.75) is 6.54 Å². The molecule has 7 heteroatoms. The average Bonchev–Trinajstić information content (AvgIpc) is 2.59. The van der Waals surface area contributed by atoms with Gasteiger partial charge >= 0.3 is 5.69 Å². The lowest BCUT2D eigenvalue weighted by Crippen LogP contribution is -2.38. The number of hydrogen-bond acceptors (Lipinski definition) is 4. The molecule has 0 bridgehead atoms. The summed E-state index contributed by atoms with van der Waals surface area (Å²) in [5.74, 6) is -0.724. The third-order valence-electron chi connectivity index (χ3n) is 1.91. The van der Waals surface area contributed by atoms with Crippen LogP contribution in [-0.4, -0.2) is 15.5 Å². The summed E-state index contributed by atoms with van der Waals surface area (Å²) in [6, 6.07) is 1.64. The summed E-state index contributed by atoms with van der Waals surface area (Å²) in [5, 5.41) is 1.69. The van der Waals surface area contributed by atoms with Gasteiger partial charge in [-0.15, -0.1) is 11.3 Å². The summed E-state index contributed by atoms with van der Waals surface area (Å²) in [4.78, 5) is 36.2. The molecule has 15 heavy (non-hydrogen) atoms. The molecule has 2 rings (SSSR count). The monoisotopic (exact) mass is 225 g/mol. The Morgan fingerprint density at radius 1 is 1.53 bits per heavy atom. The minimum atomic E-state index is -0.724. The number of carbonyl (C=O) groups is 1. The fourth-order valence-corrected chi connectivity index (χ4v) is 2.07. The second-order valence-electron chi connectivity index (χ2n) is 2.95. The van der Waals surface area contributed by atoms with Crippen LogP contribution in [0, 0.1) is 0 Å². The van der Waals surface area contributed by atoms with Crippen LogP contribution < -0.4 is 17.0 Å². The van der Waals surface area contributed by atoms with Crippen molar-refractivity contribution in [3.8, 4) is 0 Å². The lowest BCUT2D eigenvalue weighted by Gasteiger charge is -2.00. The molecule has 0 radical (unpaired) electrons. The van der Waals surface area contributed by atoms with Crippen LogP contribution in [0.15, 0.2) is 21.0 Å². The van der Waals surface area contributed by atoms with E-state index in [0.717, 1.165) is 4.57 Å². The highest BCUT2D eigenvalue weighted by Crippen LogP contribution is 2.11. The standard InChI is InChI=1S/C8H7N3O3S/c9-5(12)3-11-7(13)6-4(1-2-15-6)10-8(11)14/h1-2H,3H2,(H2,9,12)(H,10,14). The molecule has 0 aliphatic heterocycles. The maximum absolute atomic E-state index is 11.7. The largest absolute Gasteiger partial charge is 0.368 e. The second-order valence-corrected chi connectivity index (χ2v) is 3.87. The molecule has 78 valence electrons. The SMILES string of the molecule is NC(=O)Cn1c(=O)[nH]c2ccsc2c1=O. The molecule has 0 fully saturated rings. The molecule has 0 saturated carbocycles. The summed E-state index contributed by atoms with van der Waals surface area (Å²) < 4.78 is 1.21. The Balaban J connectivity index is 2.78. The molecule has 2 aromatic rings. The first kappa shape index (κ1) is 9.66. The molecule has 3 N–H and O–H groups in total. The van der Waals surface area contributed by atoms with Gasteiger partial charge in [-0.25, -0.2) is 9.36 Å². The van der Waals surface area contributed by atoms with E-state index in [9.17, 15) is 14.4 Å². The number of nitrogens with one attached hydrogen (secondary N) is 1. The number of nitrogens with zero attached hydrogens (tertiary/aromatic N) is 1. The van der Waals surface area contributed by atoms with Crippen molar-refractivity contribution in [1.29, 1.82) is 0 Å². The Labute approximate surface area is 87.0 Å². The normalized spacial score (nSPS) is 10.7. The number of rotatable bonds is 2. The van der Waals surface area contributed by atoms with E-state index in [4.69, 9.17) is 5.73 Å². The molecule has 0 saturated heterocycles. The minimum absolute atomic E-state index is 0.401. The fourth-order valence-electron chi connectivity index (χ4n) is 1.27. The lowest BCUT2D eigenvalue weighted by molar-refractivity contribution is -0.118. The maximum Gasteiger partial charge on any atom is 0.329 e. The van der Waals surface area contributed by atoms with Gasteiger partial charge in [-0.1, -0.05) is 0 Å². The zero-order valence-corrected chi connectivity index (χ0v) is 8.34. The van der Waals surface area contributed by atoms with Gasteiger partial charge in [-0.3, -0.25) is 9.59 Å². The third-order valence-corrected chi connectivity index (χ3v) is 2.81. The summed E-state index contributed by atoms with van der Waals surface area (Å²) in [6.45, 7) is -0.401. The number of nitrogens with two attached hydrogens (primary N) is 1. The zero-order chi connectivity index (χ0) is 11.0. The first-order chi connectivity index (χ1) is 7.09. The van der Waals surface area contributed by atoms with E-state index in [2.05, 4.69) is 4.98 Å². The van der Waals surface area contributed by atoms with E-state index in [-0.39, 0.29) is 0 Å². The van der Waals surface area contributed by atoms with Crippen LogP contribution in [0.25, 0.3) is 10.2 Å². The minimum Gasteiger partial charge on any atom is -0.368 e. The van der Waals surface area contributed by atoms with Gasteiger partial charge in [-0.05, 0) is 11.4 Å². The van der Waals surface area contributed by atoms with Crippen molar-refractivity contribution in [3.05, 3.63) is 32.3 Å². The van der Waals surface area contributed by atoms with Gasteiger partial charge in [0, 0.05) is 0 Å². The molecule has 0 atom stereocenters. The third kappa shape index (κ3) is 1.57. The molecule has 2 aromatic heterocycles. The van der Waals surface area contributed by atoms with E-state index in [1.54, 1.807) is 11.4 Å². The summed E-state index contributed by atoms with van der Waals surface area (Å²) in [7, 11) is 0. The van der Waals surface area contributed by atoms with Crippen LogP contribution in [0.1, 0.15) is 0 Å². The Bertz CT molecular complexity index is 636. The highest BCUT2D eigenvalue weighted by molar-refractivity contribution is 7.17. The number of fused-ring (bicyclic) bond motifs is 1. The molecular formula is C8H7N3O3S. The number of carbonyl (C=O) groups excluding carboxylic acids is 1. The molecular weight excluding hydrogens is 218 g/mol. The van der Waals surface area contributed by atoms with E-state index in [1.807, 2.05) is 0 Å². The predicted octanol–water partition coefficient (Wildman–Crippen LogP) is -0.763. The number of aromatic nitrogens is 2. The number of aromatic amines is 1. The van der Waals surface area contributed by atoms with Crippen LogP contribution in [0.5, 0.6) is 0 Å². The van der Waals surface area contributed by atoms with Crippen molar-refractivity contribution < 1.29 is 4.79 Å². The highest BCUT2D eigenvalue weighted by atomic mass is 32.1. The Morgan fingerprint density at radius 2 is 2.27 bits per heavy atom. The fraction of sp³-hybridized carbons (Fsp3) is 0.125. The van der Waals surface area contributed by atoms with Gasteiger partial charge < -0.3 is 10.7 Å². The van der Waals surface area contributed by atoms with Gasteiger partial charge in [0.1, 0.15) is 11.2 Å². The quantitative estimate of drug-likeness (QED) is 0.702. The van der Waals surface area contributed by atoms with E-state index < -0.39 is 23.7 Å². The van der Waals surface area contributed by atoms with Crippen LogP contribution >= 0.6 is 11.3 Å². The van der Waals surface area contributed by atoms with Crippen molar-refractivity contribution in [1.82, 2.24) is 9.55 Å². The Kier molecular flexibility index (Phi) is 2.16. The van der Waals surface area contributed by atoms with Crippen LogP contribution in [0.2, 0.25) is 0 Å². The van der Waals surface area contributed by atoms with Gasteiger partial charge in [0.05, 0.1) is 5.52 Å². The molecule has 0 unspecified atom stereocenters. The first-order valence-corrected chi connectivity index (χ1v) is 4.96. The van der Waals surface area contributed by atoms with Crippen molar-refractivity contribution in [3.63, 3.8) is 0 Å². The van der Waals surface area contributed by atoms with Crippen molar-refractivity contribution in [2.75, 3.05) is 0 Å². The van der Waals surface area contributed by atoms with Crippen molar-refractivity contribution >= 4 is 27.5 Å². The van der Waals surface area contributed by atoms with Gasteiger partial charge in [0.2, 0.25) is 5.91 Å². The molecule has 1 amide bonds. The van der Waals surface area contributed by atoms with E-state index in [1.165, 1.54) is 11.3 Å². The van der Waals surface area contributed by atoms with Gasteiger partial charge in [0.25, 0.3) is 5.56 Å². The summed E-state index contributed by atoms with van der Waals surface area (Å²) >= 11 is 1.21. The number of primary amides is 1. The zero-order valence-electron chi connectivity index (χ0n) is 7.52. The van der Waals surface area contributed by atoms with Crippen LogP contribution in [0.4, 0.5) is 0 Å². The predicted molar refractivity (Wildman–Crippen MR) is 55.9 cm³/mol. The number of thiophene rings is 1. The smallest absolute Gasteiger partial charge is 0.329 e. The molecule has 0 aliphatic rings. The number of H-pyrrole nitrogens is 1. The summed E-state index contributed by atoms with van der Waals surface area (Å²) in [6.07, 6.45) is 0. The number of amides is 1. The Hall–Kier alpha value is -1.89. The molecule has 0 aromatic carbocycles. The summed E-state index contributed by atoms with van der Waals surface area (Å²) in [5.41, 5.74) is 4.31. The van der Waals surface area contributed by atoms with Crippen molar-refractivity contribution in [2.24, 2.45) is 5.73 Å². The Morgan fingerprint density at radius 3 is 2.93 bits per heavy atom. The van der Waals surface area contributed by atoms with E-state index in [0.29, 0.717) is 10.2 Å². The second kappa shape index (κ2) is 3.35. The van der Waals surface area contributed by atoms with Gasteiger partial charge in [0.15, 0.2) is 0 Å². The van der Waals surface area contributed by atoms with Crippen LogP contribution in [-0.2, 0) is 11.3 Å². The van der Waals surface area contributed by atoms with Crippen LogP contribution in [0.3, 0.4) is 0 Å². The average molecular weight is 225 g/mol. The molecule has 0 aliphatic carbocycles. The lowest BCUT2D eigenvalue weighted by atomic mass is 10.4. The maximum atomic E-state index is 11.7. The number of hydrogen-bond donors (Lipinski definition) is 2. The highest BCUT2D eigenvalue weighted by Gasteiger charge is 2.09. The van der Waals surface area contributed by atoms with Gasteiger partial charge in [-0.2, -0.15) is 0 Å². The molecule has 0 spiro atoms.